The first-order valence-corrected chi connectivity index (χ1v) is 8.44. The standard InChI is InChI=1S/C20H7F11O2/c21-9-5-13(23)17(14(24)6-9)19(27,28)32-10-1-2-11(12(22)7-10)8-3-15(25)18(16(26)4-8)33-20(29,30)31/h1-7H. The second-order valence-corrected chi connectivity index (χ2v) is 6.32. The van der Waals surface area contributed by atoms with Crippen molar-refractivity contribution in [1.29, 1.82) is 0 Å². The van der Waals surface area contributed by atoms with Gasteiger partial charge in [0.05, 0.1) is 0 Å². The first-order chi connectivity index (χ1) is 15.2. The third kappa shape index (κ3) is 5.29. The zero-order chi connectivity index (χ0) is 24.7. The first-order valence-electron chi connectivity index (χ1n) is 8.44. The molecule has 0 aliphatic rings. The van der Waals surface area contributed by atoms with Gasteiger partial charge in [-0.1, -0.05) is 0 Å². The summed E-state index contributed by atoms with van der Waals surface area (Å²) in [7, 11) is 0. The van der Waals surface area contributed by atoms with E-state index in [4.69, 9.17) is 0 Å². The predicted molar refractivity (Wildman–Crippen MR) is 89.3 cm³/mol. The third-order valence-corrected chi connectivity index (χ3v) is 4.01. The second-order valence-electron chi connectivity index (χ2n) is 6.32. The summed E-state index contributed by atoms with van der Waals surface area (Å²) in [4.78, 5) is 0. The van der Waals surface area contributed by atoms with E-state index in [-0.39, 0.29) is 18.2 Å². The van der Waals surface area contributed by atoms with Crippen LogP contribution in [0.25, 0.3) is 11.1 Å². The van der Waals surface area contributed by atoms with Gasteiger partial charge >= 0.3 is 12.5 Å². The molecule has 0 fully saturated rings. The molecule has 3 aromatic carbocycles. The lowest BCUT2D eigenvalue weighted by molar-refractivity contribution is -0.276. The van der Waals surface area contributed by atoms with Crippen molar-refractivity contribution in [1.82, 2.24) is 0 Å². The lowest BCUT2D eigenvalue weighted by Crippen LogP contribution is -2.25. The molecule has 0 N–H and O–H groups in total. The van der Waals surface area contributed by atoms with Crippen LogP contribution >= 0.6 is 0 Å². The van der Waals surface area contributed by atoms with Crippen molar-refractivity contribution in [2.45, 2.75) is 12.5 Å². The van der Waals surface area contributed by atoms with Gasteiger partial charge in [-0.25, -0.2) is 26.3 Å². The van der Waals surface area contributed by atoms with Crippen molar-refractivity contribution in [3.63, 3.8) is 0 Å². The summed E-state index contributed by atoms with van der Waals surface area (Å²) in [5.74, 6) is -13.4. The zero-order valence-electron chi connectivity index (χ0n) is 15.5. The van der Waals surface area contributed by atoms with Crippen LogP contribution in [0, 0.1) is 34.9 Å². The molecule has 33 heavy (non-hydrogen) atoms. The Morgan fingerprint density at radius 2 is 1.12 bits per heavy atom. The predicted octanol–water partition coefficient (Wildman–Crippen LogP) is 7.22. The molecule has 13 heteroatoms. The van der Waals surface area contributed by atoms with Crippen molar-refractivity contribution in [2.75, 3.05) is 0 Å². The fourth-order valence-electron chi connectivity index (χ4n) is 2.74. The van der Waals surface area contributed by atoms with E-state index in [1.165, 1.54) is 0 Å². The van der Waals surface area contributed by atoms with Gasteiger partial charge in [-0.15, -0.1) is 13.2 Å². The van der Waals surface area contributed by atoms with Crippen molar-refractivity contribution in [2.24, 2.45) is 0 Å². The van der Waals surface area contributed by atoms with E-state index in [1.807, 2.05) is 0 Å². The lowest BCUT2D eigenvalue weighted by Gasteiger charge is -2.20. The van der Waals surface area contributed by atoms with Crippen molar-refractivity contribution < 1.29 is 57.8 Å². The number of rotatable bonds is 5. The molecule has 176 valence electrons. The molecule has 0 aliphatic heterocycles. The molecule has 0 heterocycles. The van der Waals surface area contributed by atoms with E-state index in [1.54, 1.807) is 0 Å². The van der Waals surface area contributed by atoms with Gasteiger partial charge in [-0.2, -0.15) is 8.78 Å². The van der Waals surface area contributed by atoms with E-state index in [9.17, 15) is 48.3 Å². The molecule has 3 aromatic rings. The SMILES string of the molecule is Fc1cc(F)c(C(F)(F)Oc2ccc(-c3cc(F)c(OC(F)(F)F)c(F)c3)c(F)c2)c(F)c1. The zero-order valence-corrected chi connectivity index (χ0v) is 15.5. The fourth-order valence-corrected chi connectivity index (χ4v) is 2.74. The Balaban J connectivity index is 1.92. The van der Waals surface area contributed by atoms with E-state index in [0.29, 0.717) is 24.3 Å². The van der Waals surface area contributed by atoms with Crippen LogP contribution in [0.4, 0.5) is 48.3 Å². The minimum absolute atomic E-state index is 0.0331. The summed E-state index contributed by atoms with van der Waals surface area (Å²) in [5.41, 5.74) is -3.25. The fraction of sp³-hybridized carbons (Fsp3) is 0.100. The van der Waals surface area contributed by atoms with Crippen LogP contribution in [0.3, 0.4) is 0 Å². The van der Waals surface area contributed by atoms with Gasteiger partial charge in [0.25, 0.3) is 0 Å². The van der Waals surface area contributed by atoms with E-state index in [0.717, 1.165) is 0 Å². The maximum absolute atomic E-state index is 14.4. The van der Waals surface area contributed by atoms with Crippen LogP contribution in [0.2, 0.25) is 0 Å². The summed E-state index contributed by atoms with van der Waals surface area (Å²) in [6.07, 6.45) is -10.1. The highest BCUT2D eigenvalue weighted by Crippen LogP contribution is 2.38. The van der Waals surface area contributed by atoms with E-state index in [2.05, 4.69) is 9.47 Å². The number of halogens is 11. The number of hydrogen-bond acceptors (Lipinski definition) is 2. The van der Waals surface area contributed by atoms with Crippen LogP contribution in [-0.4, -0.2) is 6.36 Å². The van der Waals surface area contributed by atoms with Gasteiger partial charge in [0.1, 0.15) is 34.6 Å². The average Bonchev–Trinajstić information content (AvgIpc) is 2.62. The Hall–Kier alpha value is -3.51. The third-order valence-electron chi connectivity index (χ3n) is 4.01. The molecule has 0 amide bonds. The molecule has 3 rings (SSSR count). The van der Waals surface area contributed by atoms with Gasteiger partial charge in [-0.05, 0) is 29.8 Å². The molecule has 0 aliphatic carbocycles. The number of hydrogen-bond donors (Lipinski definition) is 0. The second kappa shape index (κ2) is 8.45. The van der Waals surface area contributed by atoms with Gasteiger partial charge in [0.15, 0.2) is 11.6 Å². The van der Waals surface area contributed by atoms with Crippen molar-refractivity contribution >= 4 is 0 Å². The van der Waals surface area contributed by atoms with Crippen LogP contribution in [0.1, 0.15) is 5.56 Å². The quantitative estimate of drug-likeness (QED) is 0.354. The Morgan fingerprint density at radius 1 is 0.576 bits per heavy atom. The Kier molecular flexibility index (Phi) is 6.18. The van der Waals surface area contributed by atoms with Crippen molar-refractivity contribution in [3.05, 3.63) is 82.9 Å². The van der Waals surface area contributed by atoms with Crippen LogP contribution in [0.5, 0.6) is 11.5 Å². The molecule has 0 saturated carbocycles. The Labute approximate surface area is 176 Å². The molecule has 0 saturated heterocycles. The van der Waals surface area contributed by atoms with Gasteiger partial charge in [0.2, 0.25) is 5.75 Å². The summed E-state index contributed by atoms with van der Waals surface area (Å²) in [5, 5.41) is 0. The Morgan fingerprint density at radius 3 is 1.61 bits per heavy atom. The molecule has 0 spiro atoms. The van der Waals surface area contributed by atoms with Crippen molar-refractivity contribution in [3.8, 4) is 22.6 Å². The number of alkyl halides is 5. The monoisotopic (exact) mass is 488 g/mol. The molecule has 0 aromatic heterocycles. The molecule has 2 nitrogen and oxygen atoms in total. The Bertz CT molecular complexity index is 1160. The highest BCUT2D eigenvalue weighted by atomic mass is 19.4. The smallest absolute Gasteiger partial charge is 0.429 e. The summed E-state index contributed by atoms with van der Waals surface area (Å²) in [6, 6.07) is 2.07. The normalized spacial score (nSPS) is 12.1. The van der Waals surface area contributed by atoms with E-state index >= 15 is 0 Å². The first kappa shape index (κ1) is 24.1. The van der Waals surface area contributed by atoms with Crippen LogP contribution < -0.4 is 9.47 Å². The highest BCUT2D eigenvalue weighted by molar-refractivity contribution is 5.66. The van der Waals surface area contributed by atoms with Gasteiger partial charge < -0.3 is 9.47 Å². The minimum atomic E-state index is -5.41. The highest BCUT2D eigenvalue weighted by Gasteiger charge is 2.41. The topological polar surface area (TPSA) is 18.5 Å². The number of ether oxygens (including phenoxy) is 2. The molecule has 0 bridgehead atoms. The van der Waals surface area contributed by atoms with Gasteiger partial charge in [0, 0.05) is 23.8 Å². The molecular weight excluding hydrogens is 481 g/mol. The average molecular weight is 488 g/mol. The number of benzene rings is 3. The molecule has 0 atom stereocenters. The molecule has 0 unspecified atom stereocenters. The van der Waals surface area contributed by atoms with Gasteiger partial charge in [-0.3, -0.25) is 0 Å². The summed E-state index contributed by atoms with van der Waals surface area (Å²) >= 11 is 0. The van der Waals surface area contributed by atoms with Crippen LogP contribution in [-0.2, 0) is 6.11 Å². The minimum Gasteiger partial charge on any atom is -0.429 e. The van der Waals surface area contributed by atoms with Crippen LogP contribution in [0.15, 0.2) is 42.5 Å². The summed E-state index contributed by atoms with van der Waals surface area (Å²) < 4.78 is 155. The lowest BCUT2D eigenvalue weighted by atomic mass is 10.0. The maximum Gasteiger partial charge on any atom is 0.573 e. The molecule has 0 radical (unpaired) electrons. The maximum atomic E-state index is 14.4. The largest absolute Gasteiger partial charge is 0.573 e. The summed E-state index contributed by atoms with van der Waals surface area (Å²) in [6.45, 7) is 0. The van der Waals surface area contributed by atoms with E-state index < -0.39 is 75.6 Å². The molecular formula is C20H7F11O2.